The lowest BCUT2D eigenvalue weighted by Gasteiger charge is -2.11. The third-order valence-corrected chi connectivity index (χ3v) is 3.30. The molecule has 1 aromatic rings. The molecule has 0 radical (unpaired) electrons. The summed E-state index contributed by atoms with van der Waals surface area (Å²) < 4.78 is 0. The largest absolute Gasteiger partial charge is 0.481 e. The van der Waals surface area contributed by atoms with E-state index in [0.717, 1.165) is 12.0 Å². The second-order valence-corrected chi connectivity index (χ2v) is 5.34. The van der Waals surface area contributed by atoms with E-state index in [4.69, 9.17) is 5.11 Å². The first-order valence-corrected chi connectivity index (χ1v) is 7.01. The summed E-state index contributed by atoms with van der Waals surface area (Å²) in [5, 5.41) is 11.5. The Balaban J connectivity index is 2.20. The molecule has 0 spiro atoms. The molecule has 2 N–H and O–H groups in total. The molecule has 4 nitrogen and oxygen atoms in total. The fraction of sp³-hybridized carbons (Fsp3) is 0.500. The van der Waals surface area contributed by atoms with Crippen LogP contribution in [0.2, 0.25) is 0 Å². The molecule has 0 bridgehead atoms. The number of carbonyl (C=O) groups is 2. The van der Waals surface area contributed by atoms with Gasteiger partial charge < -0.3 is 10.4 Å². The number of rotatable bonds is 8. The van der Waals surface area contributed by atoms with Gasteiger partial charge in [-0.1, -0.05) is 36.8 Å². The van der Waals surface area contributed by atoms with Crippen LogP contribution in [0.1, 0.15) is 37.3 Å². The molecule has 1 rings (SSSR count). The lowest BCUT2D eigenvalue weighted by molar-refractivity contribution is -0.137. The molecule has 1 unspecified atom stereocenters. The van der Waals surface area contributed by atoms with Crippen molar-refractivity contribution in [1.82, 2.24) is 5.32 Å². The Morgan fingerprint density at radius 2 is 1.85 bits per heavy atom. The molecule has 0 fully saturated rings. The lowest BCUT2D eigenvalue weighted by atomic mass is 10.0. The average molecular weight is 277 g/mol. The zero-order chi connectivity index (χ0) is 15.0. The molecule has 1 atom stereocenters. The zero-order valence-electron chi connectivity index (χ0n) is 12.2. The predicted octanol–water partition coefficient (Wildman–Crippen LogP) is 2.54. The van der Waals surface area contributed by atoms with E-state index in [-0.39, 0.29) is 12.3 Å². The molecule has 0 aliphatic heterocycles. The quantitative estimate of drug-likeness (QED) is 0.767. The smallest absolute Gasteiger partial charge is 0.303 e. The standard InChI is InChI=1S/C16H23NO3/c1-12-3-6-14(7-4-12)11-15(18)17-10-9-13(2)5-8-16(19)20/h3-4,6-7,13H,5,8-11H2,1-2H3,(H,17,18)(H,19,20). The minimum Gasteiger partial charge on any atom is -0.481 e. The number of amides is 1. The fourth-order valence-electron chi connectivity index (χ4n) is 1.93. The summed E-state index contributed by atoms with van der Waals surface area (Å²) in [4.78, 5) is 22.2. The number of hydrogen-bond donors (Lipinski definition) is 2. The van der Waals surface area contributed by atoms with Gasteiger partial charge in [0.25, 0.3) is 0 Å². The lowest BCUT2D eigenvalue weighted by Crippen LogP contribution is -2.27. The van der Waals surface area contributed by atoms with Crippen LogP contribution in [-0.2, 0) is 16.0 Å². The van der Waals surface area contributed by atoms with E-state index in [1.54, 1.807) is 0 Å². The molecule has 4 heteroatoms. The molecule has 1 amide bonds. The molecule has 0 saturated heterocycles. The first kappa shape index (κ1) is 16.2. The molecule has 0 heterocycles. The van der Waals surface area contributed by atoms with Crippen molar-refractivity contribution < 1.29 is 14.7 Å². The van der Waals surface area contributed by atoms with Gasteiger partial charge in [0.05, 0.1) is 6.42 Å². The molecular formula is C16H23NO3. The van der Waals surface area contributed by atoms with Crippen molar-refractivity contribution in [2.24, 2.45) is 5.92 Å². The van der Waals surface area contributed by atoms with Crippen LogP contribution in [0.4, 0.5) is 0 Å². The summed E-state index contributed by atoms with van der Waals surface area (Å²) in [6.07, 6.45) is 2.05. The van der Waals surface area contributed by atoms with Crippen LogP contribution in [0.15, 0.2) is 24.3 Å². The molecule has 0 aromatic heterocycles. The van der Waals surface area contributed by atoms with Crippen molar-refractivity contribution in [2.75, 3.05) is 6.54 Å². The molecular weight excluding hydrogens is 254 g/mol. The Morgan fingerprint density at radius 3 is 2.45 bits per heavy atom. The molecule has 110 valence electrons. The Hall–Kier alpha value is -1.84. The van der Waals surface area contributed by atoms with Crippen molar-refractivity contribution in [3.63, 3.8) is 0 Å². The number of hydrogen-bond acceptors (Lipinski definition) is 2. The highest BCUT2D eigenvalue weighted by Gasteiger charge is 2.07. The normalized spacial score (nSPS) is 11.9. The van der Waals surface area contributed by atoms with Crippen LogP contribution < -0.4 is 5.32 Å². The Kier molecular flexibility index (Phi) is 6.77. The van der Waals surface area contributed by atoms with E-state index >= 15 is 0 Å². The predicted molar refractivity (Wildman–Crippen MR) is 78.5 cm³/mol. The van der Waals surface area contributed by atoms with E-state index in [1.165, 1.54) is 5.56 Å². The maximum atomic E-state index is 11.7. The van der Waals surface area contributed by atoms with Gasteiger partial charge in [0.15, 0.2) is 0 Å². The molecule has 0 saturated carbocycles. The summed E-state index contributed by atoms with van der Waals surface area (Å²) in [6, 6.07) is 7.92. The van der Waals surface area contributed by atoms with E-state index in [9.17, 15) is 9.59 Å². The van der Waals surface area contributed by atoms with Crippen LogP contribution >= 0.6 is 0 Å². The van der Waals surface area contributed by atoms with Gasteiger partial charge in [-0.3, -0.25) is 9.59 Å². The van der Waals surface area contributed by atoms with Crippen LogP contribution in [0.5, 0.6) is 0 Å². The van der Waals surface area contributed by atoms with E-state index < -0.39 is 5.97 Å². The highest BCUT2D eigenvalue weighted by Crippen LogP contribution is 2.09. The van der Waals surface area contributed by atoms with Gasteiger partial charge in [0.2, 0.25) is 5.91 Å². The van der Waals surface area contributed by atoms with Gasteiger partial charge in [0.1, 0.15) is 0 Å². The highest BCUT2D eigenvalue weighted by atomic mass is 16.4. The highest BCUT2D eigenvalue weighted by molar-refractivity contribution is 5.78. The van der Waals surface area contributed by atoms with Crippen molar-refractivity contribution >= 4 is 11.9 Å². The van der Waals surface area contributed by atoms with Crippen molar-refractivity contribution in [2.45, 2.75) is 39.5 Å². The molecule has 20 heavy (non-hydrogen) atoms. The van der Waals surface area contributed by atoms with Gasteiger partial charge >= 0.3 is 5.97 Å². The Bertz CT molecular complexity index is 440. The van der Waals surface area contributed by atoms with Gasteiger partial charge in [-0.15, -0.1) is 0 Å². The van der Waals surface area contributed by atoms with Crippen LogP contribution in [0.3, 0.4) is 0 Å². The van der Waals surface area contributed by atoms with Gasteiger partial charge in [0, 0.05) is 13.0 Å². The van der Waals surface area contributed by atoms with E-state index in [2.05, 4.69) is 5.32 Å². The summed E-state index contributed by atoms with van der Waals surface area (Å²) in [5.74, 6) is -0.440. The van der Waals surface area contributed by atoms with Crippen molar-refractivity contribution in [1.29, 1.82) is 0 Å². The van der Waals surface area contributed by atoms with E-state index in [0.29, 0.717) is 25.3 Å². The van der Waals surface area contributed by atoms with Gasteiger partial charge in [-0.05, 0) is 31.2 Å². The summed E-state index contributed by atoms with van der Waals surface area (Å²) in [6.45, 7) is 4.63. The first-order chi connectivity index (χ1) is 9.47. The first-order valence-electron chi connectivity index (χ1n) is 7.01. The van der Waals surface area contributed by atoms with Gasteiger partial charge in [-0.2, -0.15) is 0 Å². The molecule has 0 aliphatic carbocycles. The maximum Gasteiger partial charge on any atom is 0.303 e. The monoisotopic (exact) mass is 277 g/mol. The van der Waals surface area contributed by atoms with Crippen molar-refractivity contribution in [3.05, 3.63) is 35.4 Å². The zero-order valence-corrected chi connectivity index (χ0v) is 12.2. The summed E-state index contributed by atoms with van der Waals surface area (Å²) in [7, 11) is 0. The van der Waals surface area contributed by atoms with Crippen molar-refractivity contribution in [3.8, 4) is 0 Å². The third-order valence-electron chi connectivity index (χ3n) is 3.30. The molecule has 0 aliphatic rings. The van der Waals surface area contributed by atoms with E-state index in [1.807, 2.05) is 38.1 Å². The van der Waals surface area contributed by atoms with Crippen LogP contribution in [0.25, 0.3) is 0 Å². The number of benzene rings is 1. The number of carboxylic acids is 1. The van der Waals surface area contributed by atoms with Gasteiger partial charge in [-0.25, -0.2) is 0 Å². The second-order valence-electron chi connectivity index (χ2n) is 5.34. The third kappa shape index (κ3) is 6.92. The maximum absolute atomic E-state index is 11.7. The second kappa shape index (κ2) is 8.35. The van der Waals surface area contributed by atoms with Crippen LogP contribution in [0, 0.1) is 12.8 Å². The fourth-order valence-corrected chi connectivity index (χ4v) is 1.93. The minimum absolute atomic E-state index is 0.0132. The average Bonchev–Trinajstić information content (AvgIpc) is 2.39. The number of carboxylic acid groups (broad SMARTS) is 1. The summed E-state index contributed by atoms with van der Waals surface area (Å²) in [5.41, 5.74) is 2.19. The van der Waals surface area contributed by atoms with Crippen LogP contribution in [-0.4, -0.2) is 23.5 Å². The number of aryl methyl sites for hydroxylation is 1. The Morgan fingerprint density at radius 1 is 1.20 bits per heavy atom. The summed E-state index contributed by atoms with van der Waals surface area (Å²) >= 11 is 0. The topological polar surface area (TPSA) is 66.4 Å². The minimum atomic E-state index is -0.764. The Labute approximate surface area is 120 Å². The number of aliphatic carboxylic acids is 1. The molecule has 1 aromatic carbocycles. The number of nitrogens with one attached hydrogen (secondary N) is 1. The number of carbonyl (C=O) groups excluding carboxylic acids is 1. The SMILES string of the molecule is Cc1ccc(CC(=O)NCCC(C)CCC(=O)O)cc1.